The molecule has 2 aliphatic heterocycles. The summed E-state index contributed by atoms with van der Waals surface area (Å²) in [6.07, 6.45) is 1.20. The average Bonchev–Trinajstić information content (AvgIpc) is 2.88. The predicted octanol–water partition coefficient (Wildman–Crippen LogP) is 2.59. The quantitative estimate of drug-likeness (QED) is 0.618. The number of piperazine rings is 1. The standard InChI is InChI=1S/C24H30FN3O5S/c1-32-21-8-6-20(7-9-21)26-12-14-27(15-13-26)24(29)18-4-3-11-28(17-18)34(30,31)23-16-19(25)5-10-22(23)33-2/h5-10,16,18H,3-4,11-15,17H2,1-2H3/t18-/m0/s1. The molecule has 0 aliphatic carbocycles. The summed E-state index contributed by atoms with van der Waals surface area (Å²) in [5, 5.41) is 0. The number of anilines is 1. The van der Waals surface area contributed by atoms with Gasteiger partial charge in [0, 0.05) is 45.0 Å². The molecule has 1 atom stereocenters. The first-order valence-electron chi connectivity index (χ1n) is 11.3. The first-order chi connectivity index (χ1) is 16.3. The third-order valence-electron chi connectivity index (χ3n) is 6.51. The van der Waals surface area contributed by atoms with Crippen molar-refractivity contribution in [3.05, 3.63) is 48.3 Å². The van der Waals surface area contributed by atoms with Gasteiger partial charge < -0.3 is 19.3 Å². The van der Waals surface area contributed by atoms with Crippen LogP contribution in [0.5, 0.6) is 11.5 Å². The van der Waals surface area contributed by atoms with Gasteiger partial charge in [-0.3, -0.25) is 4.79 Å². The highest BCUT2D eigenvalue weighted by Crippen LogP contribution is 2.31. The summed E-state index contributed by atoms with van der Waals surface area (Å²) in [6, 6.07) is 11.3. The maximum atomic E-state index is 13.8. The smallest absolute Gasteiger partial charge is 0.246 e. The summed E-state index contributed by atoms with van der Waals surface area (Å²) in [6.45, 7) is 2.93. The lowest BCUT2D eigenvalue weighted by Gasteiger charge is -2.39. The van der Waals surface area contributed by atoms with Gasteiger partial charge in [-0.05, 0) is 55.3 Å². The summed E-state index contributed by atoms with van der Waals surface area (Å²) in [5.41, 5.74) is 1.08. The van der Waals surface area contributed by atoms with E-state index < -0.39 is 21.8 Å². The molecule has 2 saturated heterocycles. The Morgan fingerprint density at radius 1 is 0.971 bits per heavy atom. The third kappa shape index (κ3) is 4.97. The Balaban J connectivity index is 1.40. The molecule has 2 aromatic rings. The number of halogens is 1. The van der Waals surface area contributed by atoms with E-state index in [1.54, 1.807) is 7.11 Å². The van der Waals surface area contributed by atoms with Crippen molar-refractivity contribution in [3.8, 4) is 11.5 Å². The molecule has 2 aliphatic rings. The molecular weight excluding hydrogens is 461 g/mol. The van der Waals surface area contributed by atoms with Crippen LogP contribution in [0.3, 0.4) is 0 Å². The van der Waals surface area contributed by atoms with Gasteiger partial charge in [-0.2, -0.15) is 4.31 Å². The number of sulfonamides is 1. The van der Waals surface area contributed by atoms with Crippen LogP contribution in [-0.4, -0.2) is 77.0 Å². The number of amides is 1. The highest BCUT2D eigenvalue weighted by molar-refractivity contribution is 7.89. The highest BCUT2D eigenvalue weighted by atomic mass is 32.2. The maximum Gasteiger partial charge on any atom is 0.246 e. The van der Waals surface area contributed by atoms with Crippen molar-refractivity contribution >= 4 is 21.6 Å². The molecule has 8 nitrogen and oxygen atoms in total. The van der Waals surface area contributed by atoms with Crippen LogP contribution in [0.4, 0.5) is 10.1 Å². The number of piperidine rings is 1. The normalized spacial score (nSPS) is 19.7. The fraction of sp³-hybridized carbons (Fsp3) is 0.458. The van der Waals surface area contributed by atoms with Crippen molar-refractivity contribution in [1.29, 1.82) is 0 Å². The van der Waals surface area contributed by atoms with Gasteiger partial charge >= 0.3 is 0 Å². The fourth-order valence-electron chi connectivity index (χ4n) is 4.59. The van der Waals surface area contributed by atoms with Crippen LogP contribution < -0.4 is 14.4 Å². The summed E-state index contributed by atoms with van der Waals surface area (Å²) < 4.78 is 51.9. The minimum absolute atomic E-state index is 0.0273. The summed E-state index contributed by atoms with van der Waals surface area (Å²) in [7, 11) is -1.02. The van der Waals surface area contributed by atoms with Crippen molar-refractivity contribution in [3.63, 3.8) is 0 Å². The van der Waals surface area contributed by atoms with E-state index in [0.717, 1.165) is 23.6 Å². The lowest BCUT2D eigenvalue weighted by molar-refractivity contribution is -0.137. The van der Waals surface area contributed by atoms with E-state index >= 15 is 0 Å². The first kappa shape index (κ1) is 24.3. The molecule has 0 radical (unpaired) electrons. The van der Waals surface area contributed by atoms with E-state index in [0.29, 0.717) is 39.0 Å². The molecule has 0 N–H and O–H groups in total. The largest absolute Gasteiger partial charge is 0.497 e. The van der Waals surface area contributed by atoms with E-state index in [9.17, 15) is 17.6 Å². The van der Waals surface area contributed by atoms with E-state index in [2.05, 4.69) is 4.90 Å². The van der Waals surface area contributed by atoms with E-state index in [4.69, 9.17) is 9.47 Å². The molecule has 0 aromatic heterocycles. The topological polar surface area (TPSA) is 79.4 Å². The molecule has 10 heteroatoms. The van der Waals surface area contributed by atoms with Gasteiger partial charge in [-0.1, -0.05) is 0 Å². The monoisotopic (exact) mass is 491 g/mol. The Bertz CT molecular complexity index is 1120. The second-order valence-electron chi connectivity index (χ2n) is 8.51. The van der Waals surface area contributed by atoms with Crippen LogP contribution in [-0.2, 0) is 14.8 Å². The highest BCUT2D eigenvalue weighted by Gasteiger charge is 2.37. The molecule has 184 valence electrons. The van der Waals surface area contributed by atoms with Crippen LogP contribution in [0.25, 0.3) is 0 Å². The van der Waals surface area contributed by atoms with E-state index in [1.807, 2.05) is 29.2 Å². The number of carbonyl (C=O) groups excluding carboxylic acids is 1. The number of carbonyl (C=O) groups is 1. The van der Waals surface area contributed by atoms with Gasteiger partial charge in [0.05, 0.1) is 20.1 Å². The molecule has 0 spiro atoms. The van der Waals surface area contributed by atoms with Gasteiger partial charge in [0.1, 0.15) is 22.2 Å². The summed E-state index contributed by atoms with van der Waals surface area (Å²) in [4.78, 5) is 17.1. The molecule has 0 bridgehead atoms. The van der Waals surface area contributed by atoms with Gasteiger partial charge in [0.15, 0.2) is 0 Å². The summed E-state index contributed by atoms with van der Waals surface area (Å²) >= 11 is 0. The number of ether oxygens (including phenoxy) is 2. The molecule has 0 unspecified atom stereocenters. The molecule has 34 heavy (non-hydrogen) atoms. The van der Waals surface area contributed by atoms with Gasteiger partial charge in [0.2, 0.25) is 15.9 Å². The lowest BCUT2D eigenvalue weighted by atomic mass is 9.97. The SMILES string of the molecule is COc1ccc(N2CCN(C(=O)[C@H]3CCCN(S(=O)(=O)c4cc(F)ccc4OC)C3)CC2)cc1. The third-order valence-corrected chi connectivity index (χ3v) is 8.39. The Kier molecular flexibility index (Phi) is 7.27. The number of benzene rings is 2. The maximum absolute atomic E-state index is 13.8. The predicted molar refractivity (Wildman–Crippen MR) is 126 cm³/mol. The van der Waals surface area contributed by atoms with Crippen molar-refractivity contribution in [2.24, 2.45) is 5.92 Å². The average molecular weight is 492 g/mol. The number of methoxy groups -OCH3 is 2. The Morgan fingerprint density at radius 3 is 2.32 bits per heavy atom. The number of nitrogens with zero attached hydrogens (tertiary/aromatic N) is 3. The number of hydrogen-bond acceptors (Lipinski definition) is 6. The van der Waals surface area contributed by atoms with E-state index in [-0.39, 0.29) is 29.6 Å². The zero-order valence-corrected chi connectivity index (χ0v) is 20.3. The number of rotatable bonds is 6. The molecule has 1 amide bonds. The van der Waals surface area contributed by atoms with Crippen LogP contribution in [0, 0.1) is 11.7 Å². The number of hydrogen-bond donors (Lipinski definition) is 0. The zero-order chi connectivity index (χ0) is 24.3. The molecular formula is C24H30FN3O5S. The van der Waals surface area contributed by atoms with Crippen molar-refractivity contribution in [1.82, 2.24) is 9.21 Å². The fourth-order valence-corrected chi connectivity index (χ4v) is 6.28. The zero-order valence-electron chi connectivity index (χ0n) is 19.4. The Morgan fingerprint density at radius 2 is 1.68 bits per heavy atom. The molecule has 4 rings (SSSR count). The summed E-state index contributed by atoms with van der Waals surface area (Å²) in [5.74, 6) is -0.218. The Hall–Kier alpha value is -2.85. The van der Waals surface area contributed by atoms with Crippen LogP contribution >= 0.6 is 0 Å². The van der Waals surface area contributed by atoms with Crippen molar-refractivity contribution in [2.75, 3.05) is 58.4 Å². The molecule has 0 saturated carbocycles. The van der Waals surface area contributed by atoms with Gasteiger partial charge in [0.25, 0.3) is 0 Å². The lowest BCUT2D eigenvalue weighted by Crippen LogP contribution is -2.53. The molecule has 2 fully saturated rings. The van der Waals surface area contributed by atoms with Gasteiger partial charge in [-0.25, -0.2) is 12.8 Å². The first-order valence-corrected chi connectivity index (χ1v) is 12.8. The van der Waals surface area contributed by atoms with Crippen molar-refractivity contribution in [2.45, 2.75) is 17.7 Å². The van der Waals surface area contributed by atoms with Crippen LogP contribution in [0.15, 0.2) is 47.4 Å². The minimum Gasteiger partial charge on any atom is -0.497 e. The Labute approximate surface area is 199 Å². The van der Waals surface area contributed by atoms with Crippen LogP contribution in [0.1, 0.15) is 12.8 Å². The second kappa shape index (κ2) is 10.2. The van der Waals surface area contributed by atoms with Gasteiger partial charge in [-0.15, -0.1) is 0 Å². The second-order valence-corrected chi connectivity index (χ2v) is 10.4. The minimum atomic E-state index is -4.00. The molecule has 2 aromatic carbocycles. The van der Waals surface area contributed by atoms with Crippen LogP contribution in [0.2, 0.25) is 0 Å². The van der Waals surface area contributed by atoms with E-state index in [1.165, 1.54) is 17.5 Å². The van der Waals surface area contributed by atoms with Crippen molar-refractivity contribution < 1.29 is 27.1 Å². The molecule has 2 heterocycles.